The molecule has 28 heavy (non-hydrogen) atoms. The molecule has 1 aromatic heterocycles. The van der Waals surface area contributed by atoms with E-state index in [0.29, 0.717) is 24.3 Å². The Kier molecular flexibility index (Phi) is 4.85. The first-order valence-corrected chi connectivity index (χ1v) is 9.10. The fourth-order valence-electron chi connectivity index (χ4n) is 3.22. The number of hydrogen-bond donors (Lipinski definition) is 2. The lowest BCUT2D eigenvalue weighted by molar-refractivity contribution is 0.0923. The predicted molar refractivity (Wildman–Crippen MR) is 105 cm³/mol. The first-order valence-electron chi connectivity index (χ1n) is 9.10. The topological polar surface area (TPSA) is 80.6 Å². The molecule has 4 rings (SSSR count). The lowest BCUT2D eigenvalue weighted by atomic mass is 10.00. The SMILES string of the molecule is Cc1ccc(C(=O)NC2CCOc3ccccc32)cc1NC(=O)c1ccco1. The van der Waals surface area contributed by atoms with Crippen molar-refractivity contribution in [2.24, 2.45) is 0 Å². The van der Waals surface area contributed by atoms with Gasteiger partial charge < -0.3 is 19.8 Å². The number of ether oxygens (including phenoxy) is 1. The molecular weight excluding hydrogens is 356 g/mol. The minimum absolute atomic E-state index is 0.111. The highest BCUT2D eigenvalue weighted by atomic mass is 16.5. The van der Waals surface area contributed by atoms with E-state index in [0.717, 1.165) is 16.9 Å². The van der Waals surface area contributed by atoms with Crippen LogP contribution in [0.2, 0.25) is 0 Å². The van der Waals surface area contributed by atoms with Gasteiger partial charge in [-0.05, 0) is 42.8 Å². The van der Waals surface area contributed by atoms with Crippen molar-refractivity contribution in [3.8, 4) is 5.75 Å². The molecule has 3 aromatic rings. The average Bonchev–Trinajstić information content (AvgIpc) is 3.25. The minimum Gasteiger partial charge on any atom is -0.493 e. The highest BCUT2D eigenvalue weighted by Crippen LogP contribution is 2.31. The summed E-state index contributed by atoms with van der Waals surface area (Å²) in [5, 5.41) is 5.86. The van der Waals surface area contributed by atoms with Gasteiger partial charge in [-0.1, -0.05) is 24.3 Å². The van der Waals surface area contributed by atoms with Crippen molar-refractivity contribution in [1.82, 2.24) is 5.32 Å². The normalized spacial score (nSPS) is 15.2. The summed E-state index contributed by atoms with van der Waals surface area (Å²) in [7, 11) is 0. The van der Waals surface area contributed by atoms with Crippen molar-refractivity contribution in [1.29, 1.82) is 0 Å². The summed E-state index contributed by atoms with van der Waals surface area (Å²) < 4.78 is 10.8. The van der Waals surface area contributed by atoms with Gasteiger partial charge in [0.1, 0.15) is 5.75 Å². The van der Waals surface area contributed by atoms with Crippen molar-refractivity contribution in [3.63, 3.8) is 0 Å². The van der Waals surface area contributed by atoms with Crippen LogP contribution in [0.3, 0.4) is 0 Å². The number of hydrogen-bond acceptors (Lipinski definition) is 4. The summed E-state index contributed by atoms with van der Waals surface area (Å²) in [5.41, 5.74) is 2.87. The van der Waals surface area contributed by atoms with Gasteiger partial charge in [0.25, 0.3) is 11.8 Å². The zero-order chi connectivity index (χ0) is 19.5. The molecule has 0 radical (unpaired) electrons. The fourth-order valence-corrected chi connectivity index (χ4v) is 3.22. The molecule has 0 aliphatic carbocycles. The zero-order valence-corrected chi connectivity index (χ0v) is 15.4. The second kappa shape index (κ2) is 7.60. The van der Waals surface area contributed by atoms with E-state index < -0.39 is 0 Å². The Morgan fingerprint density at radius 2 is 1.89 bits per heavy atom. The number of aryl methyl sites for hydroxylation is 1. The Bertz CT molecular complexity index is 1010. The molecular formula is C22H20N2O4. The van der Waals surface area contributed by atoms with Gasteiger partial charge in [-0.15, -0.1) is 0 Å². The molecule has 2 aromatic carbocycles. The lowest BCUT2D eigenvalue weighted by Crippen LogP contribution is -2.32. The summed E-state index contributed by atoms with van der Waals surface area (Å²) in [6.45, 7) is 2.43. The minimum atomic E-state index is -0.357. The van der Waals surface area contributed by atoms with Crippen LogP contribution in [-0.4, -0.2) is 18.4 Å². The number of para-hydroxylation sites is 1. The standard InChI is InChI=1S/C22H20N2O4/c1-14-8-9-15(13-18(14)24-22(26)20-7-4-11-27-20)21(25)23-17-10-12-28-19-6-3-2-5-16(17)19/h2-9,11,13,17H,10,12H2,1H3,(H,23,25)(H,24,26). The third kappa shape index (κ3) is 3.62. The van der Waals surface area contributed by atoms with E-state index in [1.165, 1.54) is 6.26 Å². The lowest BCUT2D eigenvalue weighted by Gasteiger charge is -2.26. The van der Waals surface area contributed by atoms with E-state index in [1.807, 2.05) is 37.3 Å². The van der Waals surface area contributed by atoms with Crippen molar-refractivity contribution in [2.45, 2.75) is 19.4 Å². The molecule has 0 saturated heterocycles. The quantitative estimate of drug-likeness (QED) is 0.719. The van der Waals surface area contributed by atoms with Gasteiger partial charge in [-0.3, -0.25) is 9.59 Å². The maximum absolute atomic E-state index is 12.8. The third-order valence-corrected chi connectivity index (χ3v) is 4.76. The van der Waals surface area contributed by atoms with Gasteiger partial charge in [-0.25, -0.2) is 0 Å². The molecule has 2 N–H and O–H groups in total. The molecule has 6 nitrogen and oxygen atoms in total. The van der Waals surface area contributed by atoms with Crippen LogP contribution in [0.1, 0.15) is 44.5 Å². The maximum Gasteiger partial charge on any atom is 0.291 e. The van der Waals surface area contributed by atoms with Gasteiger partial charge >= 0.3 is 0 Å². The number of anilines is 1. The third-order valence-electron chi connectivity index (χ3n) is 4.76. The van der Waals surface area contributed by atoms with E-state index in [1.54, 1.807) is 24.3 Å². The van der Waals surface area contributed by atoms with Gasteiger partial charge in [0, 0.05) is 23.2 Å². The highest BCUT2D eigenvalue weighted by molar-refractivity contribution is 6.04. The van der Waals surface area contributed by atoms with Crippen LogP contribution < -0.4 is 15.4 Å². The first-order chi connectivity index (χ1) is 13.6. The maximum atomic E-state index is 12.8. The van der Waals surface area contributed by atoms with E-state index >= 15 is 0 Å². The summed E-state index contributed by atoms with van der Waals surface area (Å²) >= 11 is 0. The number of rotatable bonds is 4. The van der Waals surface area contributed by atoms with E-state index in [2.05, 4.69) is 10.6 Å². The number of fused-ring (bicyclic) bond motifs is 1. The van der Waals surface area contributed by atoms with Crippen LogP contribution >= 0.6 is 0 Å². The van der Waals surface area contributed by atoms with Crippen molar-refractivity contribution < 1.29 is 18.7 Å². The van der Waals surface area contributed by atoms with Crippen molar-refractivity contribution in [3.05, 3.63) is 83.3 Å². The number of amides is 2. The van der Waals surface area contributed by atoms with E-state index in [4.69, 9.17) is 9.15 Å². The zero-order valence-electron chi connectivity index (χ0n) is 15.4. The number of carbonyl (C=O) groups excluding carboxylic acids is 2. The molecule has 0 bridgehead atoms. The second-order valence-corrected chi connectivity index (χ2v) is 6.66. The smallest absolute Gasteiger partial charge is 0.291 e. The largest absolute Gasteiger partial charge is 0.493 e. The van der Waals surface area contributed by atoms with Gasteiger partial charge in [-0.2, -0.15) is 0 Å². The fraction of sp³-hybridized carbons (Fsp3) is 0.182. The van der Waals surface area contributed by atoms with E-state index in [-0.39, 0.29) is 23.6 Å². The second-order valence-electron chi connectivity index (χ2n) is 6.66. The summed E-state index contributed by atoms with van der Waals surface area (Å²) in [6, 6.07) is 16.1. The Morgan fingerprint density at radius 3 is 2.71 bits per heavy atom. The van der Waals surface area contributed by atoms with Crippen LogP contribution in [0, 0.1) is 6.92 Å². The molecule has 1 aliphatic heterocycles. The monoisotopic (exact) mass is 376 g/mol. The van der Waals surface area contributed by atoms with Gasteiger partial charge in [0.2, 0.25) is 0 Å². The van der Waals surface area contributed by atoms with Gasteiger partial charge in [0.15, 0.2) is 5.76 Å². The van der Waals surface area contributed by atoms with E-state index in [9.17, 15) is 9.59 Å². The Hall–Kier alpha value is -3.54. The Morgan fingerprint density at radius 1 is 1.04 bits per heavy atom. The average molecular weight is 376 g/mol. The van der Waals surface area contributed by atoms with Gasteiger partial charge in [0.05, 0.1) is 18.9 Å². The van der Waals surface area contributed by atoms with Crippen LogP contribution in [0.4, 0.5) is 5.69 Å². The molecule has 1 atom stereocenters. The molecule has 0 saturated carbocycles. The van der Waals surface area contributed by atoms with Crippen molar-refractivity contribution in [2.75, 3.05) is 11.9 Å². The van der Waals surface area contributed by atoms with Crippen molar-refractivity contribution >= 4 is 17.5 Å². The molecule has 0 spiro atoms. The molecule has 6 heteroatoms. The first kappa shape index (κ1) is 17.9. The van der Waals surface area contributed by atoms with Crippen LogP contribution in [-0.2, 0) is 0 Å². The number of nitrogens with one attached hydrogen (secondary N) is 2. The Labute approximate surface area is 162 Å². The van der Waals surface area contributed by atoms with Crippen LogP contribution in [0.15, 0.2) is 65.3 Å². The Balaban J connectivity index is 1.52. The number of benzene rings is 2. The highest BCUT2D eigenvalue weighted by Gasteiger charge is 2.23. The number of carbonyl (C=O) groups is 2. The summed E-state index contributed by atoms with van der Waals surface area (Å²) in [4.78, 5) is 25.1. The molecule has 0 fully saturated rings. The summed E-state index contributed by atoms with van der Waals surface area (Å²) in [6.07, 6.45) is 2.15. The molecule has 2 heterocycles. The molecule has 1 aliphatic rings. The molecule has 2 amide bonds. The molecule has 1 unspecified atom stereocenters. The predicted octanol–water partition coefficient (Wildman–Crippen LogP) is 4.09. The van der Waals surface area contributed by atoms with Crippen LogP contribution in [0.5, 0.6) is 5.75 Å². The summed E-state index contributed by atoms with van der Waals surface area (Å²) in [5.74, 6) is 0.460. The molecule has 142 valence electrons. The van der Waals surface area contributed by atoms with Crippen LogP contribution in [0.25, 0.3) is 0 Å². The number of furan rings is 1.